The Hall–Kier alpha value is -2.33. The molecule has 0 aliphatic rings. The van der Waals surface area contributed by atoms with E-state index in [0.29, 0.717) is 17.7 Å². The molecule has 0 aromatic heterocycles. The Bertz CT molecular complexity index is 711. The molecule has 4 nitrogen and oxygen atoms in total. The zero-order valence-electron chi connectivity index (χ0n) is 15.8. The van der Waals surface area contributed by atoms with E-state index in [1.54, 1.807) is 6.07 Å². The van der Waals surface area contributed by atoms with E-state index in [-0.39, 0.29) is 0 Å². The van der Waals surface area contributed by atoms with E-state index >= 15 is 0 Å². The van der Waals surface area contributed by atoms with Crippen LogP contribution in [-0.2, 0) is 9.53 Å². The number of ether oxygens (including phenoxy) is 2. The first-order chi connectivity index (χ1) is 12.6. The summed E-state index contributed by atoms with van der Waals surface area (Å²) in [6, 6.07) is 14.9. The zero-order chi connectivity index (χ0) is 18.9. The Kier molecular flexibility index (Phi) is 7.67. The molecule has 0 aliphatic heterocycles. The number of hydrogen-bond donors (Lipinski definition) is 1. The van der Waals surface area contributed by atoms with Crippen molar-refractivity contribution in [3.8, 4) is 5.75 Å². The van der Waals surface area contributed by atoms with Gasteiger partial charge in [0.05, 0.1) is 13.2 Å². The first kappa shape index (κ1) is 20.0. The van der Waals surface area contributed by atoms with Gasteiger partial charge in [0.25, 0.3) is 0 Å². The molecule has 2 atom stereocenters. The molecule has 2 aromatic rings. The van der Waals surface area contributed by atoms with Crippen LogP contribution in [0.2, 0.25) is 0 Å². The molecule has 0 fully saturated rings. The molecular weight excluding hydrogens is 328 g/mol. The number of methoxy groups -OCH3 is 1. The van der Waals surface area contributed by atoms with Crippen LogP contribution in [0.15, 0.2) is 48.5 Å². The van der Waals surface area contributed by atoms with Crippen molar-refractivity contribution in [3.63, 3.8) is 0 Å². The monoisotopic (exact) mass is 356 g/mol. The van der Waals surface area contributed by atoms with Crippen molar-refractivity contribution >= 4 is 5.97 Å². The van der Waals surface area contributed by atoms with Gasteiger partial charge in [-0.2, -0.15) is 0 Å². The molecule has 140 valence electrons. The van der Waals surface area contributed by atoms with Gasteiger partial charge in [0.2, 0.25) is 6.10 Å². The van der Waals surface area contributed by atoms with Crippen LogP contribution in [0.5, 0.6) is 5.75 Å². The van der Waals surface area contributed by atoms with Gasteiger partial charge in [0.1, 0.15) is 5.75 Å². The number of aliphatic hydroxyl groups excluding tert-OH is 1. The zero-order valence-corrected chi connectivity index (χ0v) is 15.8. The lowest BCUT2D eigenvalue weighted by atomic mass is 10.0. The standard InChI is InChI=1S/C22H28O4/c1-4-5-6-13-19(23)18-12-7-8-14-20(18)26-21(22(24)25-3)17-11-9-10-16(2)15-17/h7-12,14-15,19,21,23H,4-6,13H2,1-3H3. The van der Waals surface area contributed by atoms with Gasteiger partial charge >= 0.3 is 5.97 Å². The predicted molar refractivity (Wildman–Crippen MR) is 102 cm³/mol. The van der Waals surface area contributed by atoms with Crippen molar-refractivity contribution in [2.24, 2.45) is 0 Å². The van der Waals surface area contributed by atoms with Crippen LogP contribution in [-0.4, -0.2) is 18.2 Å². The molecule has 0 saturated carbocycles. The molecule has 0 aliphatic carbocycles. The van der Waals surface area contributed by atoms with E-state index in [4.69, 9.17) is 9.47 Å². The topological polar surface area (TPSA) is 55.8 Å². The number of aliphatic hydroxyl groups is 1. The Morgan fingerprint density at radius 3 is 2.58 bits per heavy atom. The number of hydrogen-bond acceptors (Lipinski definition) is 4. The van der Waals surface area contributed by atoms with Crippen molar-refractivity contribution in [3.05, 3.63) is 65.2 Å². The largest absolute Gasteiger partial charge is 0.474 e. The maximum Gasteiger partial charge on any atom is 0.351 e. The molecule has 4 heteroatoms. The lowest BCUT2D eigenvalue weighted by molar-refractivity contribution is -0.149. The summed E-state index contributed by atoms with van der Waals surface area (Å²) in [6.45, 7) is 4.09. The van der Waals surface area contributed by atoms with E-state index in [0.717, 1.165) is 30.4 Å². The van der Waals surface area contributed by atoms with Crippen LogP contribution < -0.4 is 4.74 Å². The number of esters is 1. The summed E-state index contributed by atoms with van der Waals surface area (Å²) in [4.78, 5) is 12.3. The highest BCUT2D eigenvalue weighted by atomic mass is 16.6. The summed E-state index contributed by atoms with van der Waals surface area (Å²) >= 11 is 0. The third-order valence-electron chi connectivity index (χ3n) is 4.36. The van der Waals surface area contributed by atoms with Crippen molar-refractivity contribution in [2.75, 3.05) is 7.11 Å². The molecular formula is C22H28O4. The number of carbonyl (C=O) groups is 1. The fourth-order valence-electron chi connectivity index (χ4n) is 2.93. The van der Waals surface area contributed by atoms with Crippen LogP contribution >= 0.6 is 0 Å². The Morgan fingerprint density at radius 2 is 1.88 bits per heavy atom. The SMILES string of the molecule is CCCCCC(O)c1ccccc1OC(C(=O)OC)c1cccc(C)c1. The van der Waals surface area contributed by atoms with Crippen LogP contribution in [0.25, 0.3) is 0 Å². The van der Waals surface area contributed by atoms with Crippen molar-refractivity contribution in [2.45, 2.75) is 51.7 Å². The average molecular weight is 356 g/mol. The summed E-state index contributed by atoms with van der Waals surface area (Å²) < 4.78 is 11.0. The van der Waals surface area contributed by atoms with Gasteiger partial charge in [-0.05, 0) is 19.4 Å². The maximum absolute atomic E-state index is 12.3. The minimum atomic E-state index is -0.871. The number of aryl methyl sites for hydroxylation is 1. The van der Waals surface area contributed by atoms with E-state index in [2.05, 4.69) is 6.92 Å². The van der Waals surface area contributed by atoms with Gasteiger partial charge in [-0.1, -0.05) is 74.2 Å². The third kappa shape index (κ3) is 5.33. The highest BCUT2D eigenvalue weighted by Gasteiger charge is 2.25. The quantitative estimate of drug-likeness (QED) is 0.513. The molecule has 2 aromatic carbocycles. The summed E-state index contributed by atoms with van der Waals surface area (Å²) in [6.07, 6.45) is 2.31. The second kappa shape index (κ2) is 9.97. The van der Waals surface area contributed by atoms with Gasteiger partial charge in [-0.25, -0.2) is 4.79 Å². The first-order valence-corrected chi connectivity index (χ1v) is 9.14. The van der Waals surface area contributed by atoms with Crippen molar-refractivity contribution in [1.82, 2.24) is 0 Å². The average Bonchev–Trinajstić information content (AvgIpc) is 2.66. The summed E-state index contributed by atoms with van der Waals surface area (Å²) in [5.41, 5.74) is 2.46. The van der Waals surface area contributed by atoms with Crippen LogP contribution in [0.1, 0.15) is 61.5 Å². The van der Waals surface area contributed by atoms with Gasteiger partial charge in [-0.15, -0.1) is 0 Å². The Morgan fingerprint density at radius 1 is 1.12 bits per heavy atom. The first-order valence-electron chi connectivity index (χ1n) is 9.14. The van der Waals surface area contributed by atoms with Crippen LogP contribution in [0.3, 0.4) is 0 Å². The molecule has 2 rings (SSSR count). The number of unbranched alkanes of at least 4 members (excludes halogenated alkanes) is 2. The summed E-state index contributed by atoms with van der Waals surface area (Å²) in [5.74, 6) is 0.0410. The highest BCUT2D eigenvalue weighted by molar-refractivity contribution is 5.77. The highest BCUT2D eigenvalue weighted by Crippen LogP contribution is 2.32. The van der Waals surface area contributed by atoms with E-state index < -0.39 is 18.2 Å². The lowest BCUT2D eigenvalue weighted by Gasteiger charge is -2.21. The number of para-hydroxylation sites is 1. The number of rotatable bonds is 9. The second-order valence-electron chi connectivity index (χ2n) is 6.48. The molecule has 0 spiro atoms. The molecule has 0 saturated heterocycles. The summed E-state index contributed by atoms with van der Waals surface area (Å²) in [5, 5.41) is 10.6. The molecule has 26 heavy (non-hydrogen) atoms. The van der Waals surface area contributed by atoms with E-state index in [9.17, 15) is 9.90 Å². The fraction of sp³-hybridized carbons (Fsp3) is 0.409. The molecule has 0 heterocycles. The Labute approximate surface area is 155 Å². The molecule has 2 unspecified atom stereocenters. The third-order valence-corrected chi connectivity index (χ3v) is 4.36. The second-order valence-corrected chi connectivity index (χ2v) is 6.48. The van der Waals surface area contributed by atoms with Gasteiger partial charge in [0.15, 0.2) is 0 Å². The predicted octanol–water partition coefficient (Wildman–Crippen LogP) is 4.90. The van der Waals surface area contributed by atoms with E-state index in [1.807, 2.05) is 49.4 Å². The summed E-state index contributed by atoms with van der Waals surface area (Å²) in [7, 11) is 1.35. The van der Waals surface area contributed by atoms with Gasteiger partial charge < -0.3 is 14.6 Å². The molecule has 0 bridgehead atoms. The number of carbonyl (C=O) groups excluding carboxylic acids is 1. The fourth-order valence-corrected chi connectivity index (χ4v) is 2.93. The number of benzene rings is 2. The van der Waals surface area contributed by atoms with Gasteiger partial charge in [-0.3, -0.25) is 0 Å². The lowest BCUT2D eigenvalue weighted by Crippen LogP contribution is -2.21. The van der Waals surface area contributed by atoms with Crippen molar-refractivity contribution in [1.29, 1.82) is 0 Å². The minimum absolute atomic E-state index is 0.467. The van der Waals surface area contributed by atoms with Crippen LogP contribution in [0.4, 0.5) is 0 Å². The normalized spacial score (nSPS) is 13.1. The van der Waals surface area contributed by atoms with Crippen molar-refractivity contribution < 1.29 is 19.4 Å². The van der Waals surface area contributed by atoms with E-state index in [1.165, 1.54) is 7.11 Å². The molecule has 1 N–H and O–H groups in total. The maximum atomic E-state index is 12.3. The van der Waals surface area contributed by atoms with Gasteiger partial charge in [0, 0.05) is 11.1 Å². The smallest absolute Gasteiger partial charge is 0.351 e. The molecule has 0 radical (unpaired) electrons. The molecule has 0 amide bonds. The minimum Gasteiger partial charge on any atom is -0.474 e. The van der Waals surface area contributed by atoms with Crippen LogP contribution in [0, 0.1) is 6.92 Å². The Balaban J connectivity index is 2.27.